The van der Waals surface area contributed by atoms with E-state index < -0.39 is 0 Å². The summed E-state index contributed by atoms with van der Waals surface area (Å²) in [5.41, 5.74) is 2.44. The molecule has 1 aromatic rings. The molecule has 0 unspecified atom stereocenters. The first-order valence-electron chi connectivity index (χ1n) is 9.44. The van der Waals surface area contributed by atoms with Gasteiger partial charge in [0, 0.05) is 50.8 Å². The van der Waals surface area contributed by atoms with Gasteiger partial charge in [0.1, 0.15) is 0 Å². The molecule has 6 heteroatoms. The molecule has 0 spiro atoms. The lowest BCUT2D eigenvalue weighted by Crippen LogP contribution is -2.41. The Morgan fingerprint density at radius 1 is 1.23 bits per heavy atom. The summed E-state index contributed by atoms with van der Waals surface area (Å²) in [6, 6.07) is 5.57. The number of carbonyl (C=O) groups excluding carboxylic acids is 3. The highest BCUT2D eigenvalue weighted by atomic mass is 16.2. The smallest absolute Gasteiger partial charge is 0.253 e. The molecule has 0 saturated carbocycles. The molecule has 0 aliphatic carbocycles. The summed E-state index contributed by atoms with van der Waals surface area (Å²) in [7, 11) is 1.82. The maximum atomic E-state index is 12.8. The number of nitrogens with one attached hydrogen (secondary N) is 1. The molecule has 0 aromatic heterocycles. The van der Waals surface area contributed by atoms with Crippen molar-refractivity contribution in [3.63, 3.8) is 0 Å². The van der Waals surface area contributed by atoms with Crippen LogP contribution in [0.1, 0.15) is 48.5 Å². The van der Waals surface area contributed by atoms with Crippen LogP contribution in [-0.4, -0.2) is 54.2 Å². The maximum Gasteiger partial charge on any atom is 0.253 e. The number of piperidine rings is 1. The Hall–Kier alpha value is -2.37. The summed E-state index contributed by atoms with van der Waals surface area (Å²) in [5.74, 6) is 0.606. The van der Waals surface area contributed by atoms with E-state index in [1.165, 1.54) is 0 Å². The van der Waals surface area contributed by atoms with Crippen molar-refractivity contribution in [2.75, 3.05) is 32.0 Å². The molecular formula is C20H27N3O3. The van der Waals surface area contributed by atoms with Gasteiger partial charge in [-0.3, -0.25) is 14.4 Å². The molecule has 1 N–H and O–H groups in total. The Morgan fingerprint density at radius 3 is 2.65 bits per heavy atom. The monoisotopic (exact) mass is 357 g/mol. The van der Waals surface area contributed by atoms with E-state index in [1.54, 1.807) is 11.0 Å². The summed E-state index contributed by atoms with van der Waals surface area (Å²) < 4.78 is 0. The zero-order valence-electron chi connectivity index (χ0n) is 15.6. The van der Waals surface area contributed by atoms with Crippen molar-refractivity contribution >= 4 is 23.4 Å². The third-order valence-electron chi connectivity index (χ3n) is 5.40. The van der Waals surface area contributed by atoms with Crippen molar-refractivity contribution in [1.29, 1.82) is 0 Å². The predicted molar refractivity (Wildman–Crippen MR) is 99.9 cm³/mol. The summed E-state index contributed by atoms with van der Waals surface area (Å²) >= 11 is 0. The third-order valence-corrected chi connectivity index (χ3v) is 5.40. The van der Waals surface area contributed by atoms with Gasteiger partial charge in [0.2, 0.25) is 11.8 Å². The lowest BCUT2D eigenvalue weighted by molar-refractivity contribution is -0.132. The van der Waals surface area contributed by atoms with Crippen molar-refractivity contribution in [3.8, 4) is 0 Å². The van der Waals surface area contributed by atoms with E-state index in [0.717, 1.165) is 43.6 Å². The maximum absolute atomic E-state index is 12.8. The van der Waals surface area contributed by atoms with Crippen LogP contribution >= 0.6 is 0 Å². The fourth-order valence-electron chi connectivity index (χ4n) is 3.78. The van der Waals surface area contributed by atoms with Crippen LogP contribution in [-0.2, 0) is 16.0 Å². The van der Waals surface area contributed by atoms with Crippen LogP contribution in [0.4, 0.5) is 5.69 Å². The van der Waals surface area contributed by atoms with Gasteiger partial charge in [-0.05, 0) is 42.9 Å². The van der Waals surface area contributed by atoms with E-state index in [-0.39, 0.29) is 17.7 Å². The molecule has 2 aliphatic heterocycles. The van der Waals surface area contributed by atoms with Crippen LogP contribution in [0.2, 0.25) is 0 Å². The van der Waals surface area contributed by atoms with E-state index in [0.29, 0.717) is 30.9 Å². The first-order chi connectivity index (χ1) is 12.5. The van der Waals surface area contributed by atoms with E-state index >= 15 is 0 Å². The van der Waals surface area contributed by atoms with Crippen molar-refractivity contribution in [2.45, 2.75) is 39.0 Å². The molecule has 26 heavy (non-hydrogen) atoms. The zero-order valence-corrected chi connectivity index (χ0v) is 15.6. The Bertz CT molecular complexity index is 708. The van der Waals surface area contributed by atoms with Crippen molar-refractivity contribution in [1.82, 2.24) is 9.80 Å². The Morgan fingerprint density at radius 2 is 1.96 bits per heavy atom. The number of nitrogens with zero attached hydrogens (tertiary/aromatic N) is 2. The van der Waals surface area contributed by atoms with Crippen LogP contribution in [0.5, 0.6) is 0 Å². The SMILES string of the molecule is CCC(=O)N1CCC(CN(C)C(=O)c2ccc3c(c2)NC(=O)CC3)CC1. The van der Waals surface area contributed by atoms with Gasteiger partial charge in [0.15, 0.2) is 0 Å². The fourth-order valence-corrected chi connectivity index (χ4v) is 3.78. The first kappa shape index (κ1) is 18.4. The second-order valence-electron chi connectivity index (χ2n) is 7.28. The summed E-state index contributed by atoms with van der Waals surface area (Å²) in [6.45, 7) is 4.15. The molecule has 0 atom stereocenters. The number of aryl methyl sites for hydroxylation is 1. The normalized spacial score (nSPS) is 17.5. The van der Waals surface area contributed by atoms with Crippen molar-refractivity contribution in [3.05, 3.63) is 29.3 Å². The van der Waals surface area contributed by atoms with Crippen LogP contribution in [0.25, 0.3) is 0 Å². The lowest BCUT2D eigenvalue weighted by Gasteiger charge is -2.34. The van der Waals surface area contributed by atoms with Gasteiger partial charge in [0.25, 0.3) is 5.91 Å². The number of fused-ring (bicyclic) bond motifs is 1. The van der Waals surface area contributed by atoms with Crippen LogP contribution in [0.15, 0.2) is 18.2 Å². The van der Waals surface area contributed by atoms with Gasteiger partial charge in [-0.2, -0.15) is 0 Å². The zero-order chi connectivity index (χ0) is 18.7. The highest BCUT2D eigenvalue weighted by Crippen LogP contribution is 2.25. The van der Waals surface area contributed by atoms with Gasteiger partial charge >= 0.3 is 0 Å². The van der Waals surface area contributed by atoms with E-state index in [9.17, 15) is 14.4 Å². The molecule has 1 fully saturated rings. The minimum Gasteiger partial charge on any atom is -0.343 e. The first-order valence-corrected chi connectivity index (χ1v) is 9.44. The average Bonchev–Trinajstić information content (AvgIpc) is 2.66. The van der Waals surface area contributed by atoms with Crippen molar-refractivity contribution in [2.24, 2.45) is 5.92 Å². The Labute approximate surface area is 154 Å². The standard InChI is InChI=1S/C20H27N3O3/c1-3-19(25)23-10-8-14(9-11-23)13-22(2)20(26)16-5-4-15-6-7-18(24)21-17(15)12-16/h4-5,12,14H,3,6-11,13H2,1-2H3,(H,21,24). The molecule has 1 aromatic carbocycles. The lowest BCUT2D eigenvalue weighted by atomic mass is 9.95. The molecule has 140 valence electrons. The second-order valence-corrected chi connectivity index (χ2v) is 7.28. The average molecular weight is 357 g/mol. The molecular weight excluding hydrogens is 330 g/mol. The van der Waals surface area contributed by atoms with Gasteiger partial charge in [-0.25, -0.2) is 0 Å². The largest absolute Gasteiger partial charge is 0.343 e. The molecule has 0 radical (unpaired) electrons. The molecule has 3 rings (SSSR count). The highest BCUT2D eigenvalue weighted by molar-refractivity contribution is 5.98. The number of anilines is 1. The minimum absolute atomic E-state index is 0.00356. The molecule has 1 saturated heterocycles. The number of carbonyl (C=O) groups is 3. The number of rotatable bonds is 4. The number of hydrogen-bond donors (Lipinski definition) is 1. The molecule has 3 amide bonds. The van der Waals surface area contributed by atoms with E-state index in [2.05, 4.69) is 5.32 Å². The van der Waals surface area contributed by atoms with Crippen molar-refractivity contribution < 1.29 is 14.4 Å². The highest BCUT2D eigenvalue weighted by Gasteiger charge is 2.25. The van der Waals surface area contributed by atoms with Gasteiger partial charge in [-0.1, -0.05) is 13.0 Å². The summed E-state index contributed by atoms with van der Waals surface area (Å²) in [6.07, 6.45) is 3.64. The van der Waals surface area contributed by atoms with Crippen LogP contribution in [0.3, 0.4) is 0 Å². The topological polar surface area (TPSA) is 69.7 Å². The summed E-state index contributed by atoms with van der Waals surface area (Å²) in [4.78, 5) is 39.8. The van der Waals surface area contributed by atoms with Crippen LogP contribution < -0.4 is 5.32 Å². The molecule has 2 aliphatic rings. The fraction of sp³-hybridized carbons (Fsp3) is 0.550. The van der Waals surface area contributed by atoms with E-state index in [1.807, 2.05) is 31.0 Å². The minimum atomic E-state index is -0.0281. The number of amides is 3. The Balaban J connectivity index is 1.58. The number of likely N-dealkylation sites (tertiary alicyclic amines) is 1. The number of hydrogen-bond acceptors (Lipinski definition) is 3. The molecule has 6 nitrogen and oxygen atoms in total. The van der Waals surface area contributed by atoms with E-state index in [4.69, 9.17) is 0 Å². The summed E-state index contributed by atoms with van der Waals surface area (Å²) in [5, 5.41) is 2.85. The number of benzene rings is 1. The predicted octanol–water partition coefficient (Wildman–Crippen LogP) is 2.29. The van der Waals surface area contributed by atoms with Gasteiger partial charge < -0.3 is 15.1 Å². The van der Waals surface area contributed by atoms with Crippen LogP contribution in [0, 0.1) is 5.92 Å². The van der Waals surface area contributed by atoms with Gasteiger partial charge in [0.05, 0.1) is 0 Å². The Kier molecular flexibility index (Phi) is 5.59. The molecule has 2 heterocycles. The third kappa shape index (κ3) is 4.06. The second kappa shape index (κ2) is 7.89. The van der Waals surface area contributed by atoms with Gasteiger partial charge in [-0.15, -0.1) is 0 Å². The quantitative estimate of drug-likeness (QED) is 0.899. The molecule has 0 bridgehead atoms.